The van der Waals surface area contributed by atoms with E-state index in [0.29, 0.717) is 12.2 Å². The van der Waals surface area contributed by atoms with Crippen molar-refractivity contribution in [1.82, 2.24) is 5.32 Å². The maximum atomic E-state index is 12.3. The van der Waals surface area contributed by atoms with Gasteiger partial charge in [0.1, 0.15) is 5.76 Å². The fourth-order valence-electron chi connectivity index (χ4n) is 2.35. The molecule has 2 rings (SSSR count). The summed E-state index contributed by atoms with van der Waals surface area (Å²) in [7, 11) is 0. The zero-order chi connectivity index (χ0) is 15.2. The van der Waals surface area contributed by atoms with Crippen molar-refractivity contribution in [3.8, 4) is 0 Å². The summed E-state index contributed by atoms with van der Waals surface area (Å²) in [6.45, 7) is 3.94. The number of carbonyl (C=O) groups excluding carboxylic acids is 1. The van der Waals surface area contributed by atoms with E-state index in [0.717, 1.165) is 23.3 Å². The standard InChI is InChI=1S/C17H21NO3/c1-3-15-12(2)11-16(21-15)17(20)18-14(9-10-19)13-7-5-4-6-8-13/h4-8,11,14,19H,3,9-10H2,1-2H3,(H,18,20)/t14-/m0/s1. The highest BCUT2D eigenvalue weighted by molar-refractivity contribution is 5.92. The second kappa shape index (κ2) is 7.09. The molecule has 0 aliphatic rings. The Balaban J connectivity index is 2.14. The van der Waals surface area contributed by atoms with Crippen LogP contribution in [-0.4, -0.2) is 17.6 Å². The van der Waals surface area contributed by atoms with E-state index in [4.69, 9.17) is 4.42 Å². The van der Waals surface area contributed by atoms with E-state index in [2.05, 4.69) is 5.32 Å². The van der Waals surface area contributed by atoms with E-state index >= 15 is 0 Å². The predicted octanol–water partition coefficient (Wildman–Crippen LogP) is 3.00. The third-order valence-electron chi connectivity index (χ3n) is 3.49. The summed E-state index contributed by atoms with van der Waals surface area (Å²) in [6.07, 6.45) is 1.23. The monoisotopic (exact) mass is 287 g/mol. The molecule has 0 spiro atoms. The number of amides is 1. The second-order valence-corrected chi connectivity index (χ2v) is 5.02. The van der Waals surface area contributed by atoms with Gasteiger partial charge < -0.3 is 14.8 Å². The van der Waals surface area contributed by atoms with Crippen molar-refractivity contribution < 1.29 is 14.3 Å². The van der Waals surface area contributed by atoms with Gasteiger partial charge in [0.15, 0.2) is 5.76 Å². The molecule has 1 heterocycles. The van der Waals surface area contributed by atoms with E-state index in [9.17, 15) is 9.90 Å². The minimum absolute atomic E-state index is 0.0111. The van der Waals surface area contributed by atoms with Crippen LogP contribution in [0.15, 0.2) is 40.8 Å². The number of aliphatic hydroxyl groups excluding tert-OH is 1. The number of rotatable bonds is 6. The Morgan fingerprint density at radius 1 is 1.33 bits per heavy atom. The third-order valence-corrected chi connectivity index (χ3v) is 3.49. The molecule has 1 aromatic carbocycles. The van der Waals surface area contributed by atoms with Crippen LogP contribution in [0.4, 0.5) is 0 Å². The SMILES string of the molecule is CCc1oc(C(=O)N[C@@H](CCO)c2ccccc2)cc1C. The largest absolute Gasteiger partial charge is 0.456 e. The van der Waals surface area contributed by atoms with Crippen LogP contribution in [0.1, 0.15) is 46.8 Å². The average Bonchev–Trinajstić information content (AvgIpc) is 2.89. The highest BCUT2D eigenvalue weighted by Gasteiger charge is 2.18. The van der Waals surface area contributed by atoms with Crippen molar-refractivity contribution in [1.29, 1.82) is 0 Å². The van der Waals surface area contributed by atoms with E-state index < -0.39 is 0 Å². The smallest absolute Gasteiger partial charge is 0.287 e. The molecule has 1 aromatic heterocycles. The predicted molar refractivity (Wildman–Crippen MR) is 81.2 cm³/mol. The van der Waals surface area contributed by atoms with Crippen molar-refractivity contribution in [2.75, 3.05) is 6.61 Å². The third kappa shape index (κ3) is 3.73. The lowest BCUT2D eigenvalue weighted by atomic mass is 10.0. The van der Waals surface area contributed by atoms with Crippen LogP contribution in [0.25, 0.3) is 0 Å². The first-order valence-corrected chi connectivity index (χ1v) is 7.21. The van der Waals surface area contributed by atoms with Gasteiger partial charge >= 0.3 is 0 Å². The average molecular weight is 287 g/mol. The van der Waals surface area contributed by atoms with Gasteiger partial charge in [0, 0.05) is 13.0 Å². The number of hydrogen-bond acceptors (Lipinski definition) is 3. The summed E-state index contributed by atoms with van der Waals surface area (Å²) < 4.78 is 5.57. The number of furan rings is 1. The number of aliphatic hydroxyl groups is 1. The van der Waals surface area contributed by atoms with Crippen molar-refractivity contribution in [3.05, 3.63) is 59.0 Å². The van der Waals surface area contributed by atoms with E-state index in [1.807, 2.05) is 44.2 Å². The second-order valence-electron chi connectivity index (χ2n) is 5.02. The molecule has 2 N–H and O–H groups in total. The van der Waals surface area contributed by atoms with Gasteiger partial charge in [-0.15, -0.1) is 0 Å². The summed E-state index contributed by atoms with van der Waals surface area (Å²) in [5.74, 6) is 0.905. The first-order chi connectivity index (χ1) is 10.2. The molecule has 0 unspecified atom stereocenters. The van der Waals surface area contributed by atoms with E-state index in [1.54, 1.807) is 6.07 Å². The lowest BCUT2D eigenvalue weighted by Gasteiger charge is -2.17. The Bertz CT molecular complexity index is 589. The minimum atomic E-state index is -0.250. The number of hydrogen-bond donors (Lipinski definition) is 2. The van der Waals surface area contributed by atoms with Crippen LogP contribution in [0.5, 0.6) is 0 Å². The van der Waals surface area contributed by atoms with E-state index in [1.165, 1.54) is 0 Å². The molecule has 0 saturated carbocycles. The van der Waals surface area contributed by atoms with Gasteiger partial charge in [-0.2, -0.15) is 0 Å². The fraction of sp³-hybridized carbons (Fsp3) is 0.353. The Morgan fingerprint density at radius 3 is 2.62 bits per heavy atom. The topological polar surface area (TPSA) is 62.5 Å². The van der Waals surface area contributed by atoms with E-state index in [-0.39, 0.29) is 18.6 Å². The molecular weight excluding hydrogens is 266 g/mol. The first kappa shape index (κ1) is 15.3. The number of nitrogens with one attached hydrogen (secondary N) is 1. The molecule has 0 aliphatic heterocycles. The summed E-state index contributed by atoms with van der Waals surface area (Å²) in [6, 6.07) is 11.2. The molecule has 2 aromatic rings. The van der Waals surface area contributed by atoms with Crippen LogP contribution in [0.3, 0.4) is 0 Å². The zero-order valence-corrected chi connectivity index (χ0v) is 12.4. The van der Waals surface area contributed by atoms with Crippen LogP contribution >= 0.6 is 0 Å². The summed E-state index contributed by atoms with van der Waals surface area (Å²) >= 11 is 0. The zero-order valence-electron chi connectivity index (χ0n) is 12.4. The Kier molecular flexibility index (Phi) is 5.17. The quantitative estimate of drug-likeness (QED) is 0.858. The normalized spacial score (nSPS) is 12.1. The number of aryl methyl sites for hydroxylation is 2. The summed E-state index contributed by atoms with van der Waals surface area (Å²) in [5.41, 5.74) is 1.96. The van der Waals surface area contributed by atoms with Gasteiger partial charge in [0.05, 0.1) is 6.04 Å². The Hall–Kier alpha value is -2.07. The molecule has 112 valence electrons. The molecule has 0 saturated heterocycles. The van der Waals surface area contributed by atoms with Gasteiger partial charge in [-0.3, -0.25) is 4.79 Å². The van der Waals surface area contributed by atoms with Crippen LogP contribution in [0.2, 0.25) is 0 Å². The first-order valence-electron chi connectivity index (χ1n) is 7.21. The van der Waals surface area contributed by atoms with Gasteiger partial charge in [0.2, 0.25) is 0 Å². The highest BCUT2D eigenvalue weighted by atomic mass is 16.4. The molecule has 1 atom stereocenters. The van der Waals surface area contributed by atoms with Gasteiger partial charge in [0.25, 0.3) is 5.91 Å². The van der Waals surface area contributed by atoms with Crippen LogP contribution in [0, 0.1) is 6.92 Å². The molecule has 0 fully saturated rings. The highest BCUT2D eigenvalue weighted by Crippen LogP contribution is 2.19. The molecule has 21 heavy (non-hydrogen) atoms. The lowest BCUT2D eigenvalue weighted by molar-refractivity contribution is 0.0900. The van der Waals surface area contributed by atoms with Gasteiger partial charge in [-0.05, 0) is 30.5 Å². The van der Waals surface area contributed by atoms with Crippen molar-refractivity contribution in [2.24, 2.45) is 0 Å². The van der Waals surface area contributed by atoms with Gasteiger partial charge in [-0.1, -0.05) is 37.3 Å². The lowest BCUT2D eigenvalue weighted by Crippen LogP contribution is -2.28. The van der Waals surface area contributed by atoms with Crippen molar-refractivity contribution >= 4 is 5.91 Å². The van der Waals surface area contributed by atoms with Gasteiger partial charge in [-0.25, -0.2) is 0 Å². The fourth-order valence-corrected chi connectivity index (χ4v) is 2.35. The number of carbonyl (C=O) groups is 1. The van der Waals surface area contributed by atoms with Crippen LogP contribution in [-0.2, 0) is 6.42 Å². The maximum Gasteiger partial charge on any atom is 0.287 e. The molecule has 0 bridgehead atoms. The molecule has 4 nitrogen and oxygen atoms in total. The molecular formula is C17H21NO3. The summed E-state index contributed by atoms with van der Waals surface area (Å²) in [4.78, 5) is 12.3. The minimum Gasteiger partial charge on any atom is -0.456 e. The molecule has 1 amide bonds. The molecule has 0 aliphatic carbocycles. The van der Waals surface area contributed by atoms with Crippen molar-refractivity contribution in [2.45, 2.75) is 32.7 Å². The number of benzene rings is 1. The Labute approximate surface area is 124 Å². The molecule has 4 heteroatoms. The van der Waals surface area contributed by atoms with Crippen LogP contribution < -0.4 is 5.32 Å². The van der Waals surface area contributed by atoms with Crippen molar-refractivity contribution in [3.63, 3.8) is 0 Å². The maximum absolute atomic E-state index is 12.3. The summed E-state index contributed by atoms with van der Waals surface area (Å²) in [5, 5.41) is 12.1. The Morgan fingerprint density at radius 2 is 2.05 bits per heavy atom. The molecule has 0 radical (unpaired) electrons.